The highest BCUT2D eigenvalue weighted by atomic mass is 16.5. The van der Waals surface area contributed by atoms with Crippen molar-refractivity contribution in [2.24, 2.45) is 5.92 Å². The Morgan fingerprint density at radius 3 is 2.47 bits per heavy atom. The number of hydrogen-bond acceptors (Lipinski definition) is 5. The third-order valence-corrected chi connectivity index (χ3v) is 7.33. The molecule has 1 N–H and O–H groups in total. The number of aromatic nitrogens is 1. The van der Waals surface area contributed by atoms with E-state index in [4.69, 9.17) is 4.74 Å². The number of pyridine rings is 1. The molecule has 0 radical (unpaired) electrons. The lowest BCUT2D eigenvalue weighted by Crippen LogP contribution is -2.37. The molecule has 1 amide bonds. The second-order valence-electron chi connectivity index (χ2n) is 9.89. The number of anilines is 2. The van der Waals surface area contributed by atoms with Crippen molar-refractivity contribution < 1.29 is 9.53 Å². The zero-order valence-electron chi connectivity index (χ0n) is 20.9. The molecule has 0 spiro atoms. The van der Waals surface area contributed by atoms with E-state index in [2.05, 4.69) is 20.1 Å². The third-order valence-electron chi connectivity index (χ3n) is 7.33. The Morgan fingerprint density at radius 1 is 0.889 bits per heavy atom. The number of ether oxygens (including phenoxy) is 1. The molecule has 5 rings (SSSR count). The number of likely N-dealkylation sites (tertiary alicyclic amines) is 1. The summed E-state index contributed by atoms with van der Waals surface area (Å²) in [6.45, 7) is 5.74. The third kappa shape index (κ3) is 6.43. The molecule has 1 aromatic heterocycles. The van der Waals surface area contributed by atoms with E-state index in [0.717, 1.165) is 36.3 Å². The van der Waals surface area contributed by atoms with Crippen molar-refractivity contribution >= 4 is 17.4 Å². The van der Waals surface area contributed by atoms with Gasteiger partial charge < -0.3 is 19.9 Å². The molecule has 3 aromatic rings. The number of rotatable bonds is 8. The van der Waals surface area contributed by atoms with Gasteiger partial charge in [-0.25, -0.2) is 4.98 Å². The summed E-state index contributed by atoms with van der Waals surface area (Å²) in [5.41, 5.74) is 1.30. The van der Waals surface area contributed by atoms with Crippen molar-refractivity contribution in [1.82, 2.24) is 9.88 Å². The number of nitrogens with one attached hydrogen (secondary N) is 1. The van der Waals surface area contributed by atoms with Crippen LogP contribution < -0.4 is 15.0 Å². The topological polar surface area (TPSA) is 57.7 Å². The summed E-state index contributed by atoms with van der Waals surface area (Å²) >= 11 is 0. The van der Waals surface area contributed by atoms with Gasteiger partial charge in [0, 0.05) is 24.8 Å². The molecule has 0 aliphatic carbocycles. The molecule has 2 saturated heterocycles. The summed E-state index contributed by atoms with van der Waals surface area (Å²) < 4.78 is 5.90. The Morgan fingerprint density at radius 2 is 1.67 bits per heavy atom. The number of amides is 1. The van der Waals surface area contributed by atoms with Gasteiger partial charge in [0.15, 0.2) is 5.82 Å². The summed E-state index contributed by atoms with van der Waals surface area (Å²) in [6.07, 6.45) is 9.56. The van der Waals surface area contributed by atoms with Crippen LogP contribution >= 0.6 is 0 Å². The minimum absolute atomic E-state index is 0.167. The standard InChI is InChI=1S/C30H36N4O2/c35-30(25-9-7-12-27(23-25)36-26-10-3-1-4-11-26)32-28-13-8-17-31-29(28)34-21-15-24(16-22-34)14-20-33-18-5-2-6-19-33/h1,3-4,7-13,17,23-24H,2,5-6,14-16,18-22H2,(H,32,35). The van der Waals surface area contributed by atoms with E-state index >= 15 is 0 Å². The fraction of sp³-hybridized carbons (Fsp3) is 0.400. The van der Waals surface area contributed by atoms with Gasteiger partial charge >= 0.3 is 0 Å². The lowest BCUT2D eigenvalue weighted by Gasteiger charge is -2.35. The Balaban J connectivity index is 1.18. The van der Waals surface area contributed by atoms with Crippen molar-refractivity contribution in [3.63, 3.8) is 0 Å². The van der Waals surface area contributed by atoms with E-state index in [9.17, 15) is 4.79 Å². The van der Waals surface area contributed by atoms with E-state index in [0.29, 0.717) is 11.3 Å². The van der Waals surface area contributed by atoms with Gasteiger partial charge in [0.2, 0.25) is 0 Å². The van der Waals surface area contributed by atoms with Crippen LogP contribution in [0.5, 0.6) is 11.5 Å². The molecule has 0 bridgehead atoms. The molecule has 3 heterocycles. The average molecular weight is 485 g/mol. The average Bonchev–Trinajstić information content (AvgIpc) is 2.94. The number of piperidine rings is 2. The monoisotopic (exact) mass is 484 g/mol. The number of nitrogens with zero attached hydrogens (tertiary/aromatic N) is 3. The molecule has 2 aromatic carbocycles. The van der Waals surface area contributed by atoms with Crippen molar-refractivity contribution in [2.45, 2.75) is 38.5 Å². The number of carbonyl (C=O) groups is 1. The fourth-order valence-electron chi connectivity index (χ4n) is 5.25. The largest absolute Gasteiger partial charge is 0.457 e. The van der Waals surface area contributed by atoms with Gasteiger partial charge in [0.05, 0.1) is 5.69 Å². The molecule has 36 heavy (non-hydrogen) atoms. The van der Waals surface area contributed by atoms with E-state index in [1.54, 1.807) is 12.1 Å². The van der Waals surface area contributed by atoms with Crippen LogP contribution in [0.25, 0.3) is 0 Å². The first-order chi connectivity index (χ1) is 17.7. The number of hydrogen-bond donors (Lipinski definition) is 1. The molecule has 0 atom stereocenters. The molecule has 2 aliphatic rings. The van der Waals surface area contributed by atoms with Crippen molar-refractivity contribution in [2.75, 3.05) is 42.9 Å². The summed E-state index contributed by atoms with van der Waals surface area (Å²) in [6, 6.07) is 20.7. The molecule has 188 valence electrons. The molecular weight excluding hydrogens is 448 g/mol. The van der Waals surface area contributed by atoms with Crippen LogP contribution in [0.3, 0.4) is 0 Å². The van der Waals surface area contributed by atoms with E-state index < -0.39 is 0 Å². The summed E-state index contributed by atoms with van der Waals surface area (Å²) in [5, 5.41) is 3.09. The van der Waals surface area contributed by atoms with Crippen LogP contribution in [0.15, 0.2) is 72.9 Å². The first-order valence-corrected chi connectivity index (χ1v) is 13.3. The lowest BCUT2D eigenvalue weighted by molar-refractivity contribution is 0.102. The van der Waals surface area contributed by atoms with E-state index in [-0.39, 0.29) is 5.91 Å². The molecule has 2 aliphatic heterocycles. The maximum atomic E-state index is 13.1. The maximum Gasteiger partial charge on any atom is 0.255 e. The van der Waals surface area contributed by atoms with Crippen LogP contribution in [-0.2, 0) is 0 Å². The number of carbonyl (C=O) groups excluding carboxylic acids is 1. The summed E-state index contributed by atoms with van der Waals surface area (Å²) in [5.74, 6) is 2.84. The van der Waals surface area contributed by atoms with Crippen LogP contribution in [0, 0.1) is 5.92 Å². The van der Waals surface area contributed by atoms with E-state index in [1.165, 1.54) is 58.2 Å². The Kier molecular flexibility index (Phi) is 8.13. The highest BCUT2D eigenvalue weighted by Crippen LogP contribution is 2.30. The molecule has 0 saturated carbocycles. The van der Waals surface area contributed by atoms with Crippen molar-refractivity contribution in [1.29, 1.82) is 0 Å². The lowest BCUT2D eigenvalue weighted by atomic mass is 9.93. The Labute approximate surface area is 214 Å². The SMILES string of the molecule is O=C(Nc1cccnc1N1CCC(CCN2CCCCC2)CC1)c1cccc(Oc2ccccc2)c1. The molecule has 6 heteroatoms. The second-order valence-corrected chi connectivity index (χ2v) is 9.89. The molecule has 2 fully saturated rings. The van der Waals surface area contributed by atoms with Gasteiger partial charge in [-0.2, -0.15) is 0 Å². The van der Waals surface area contributed by atoms with Gasteiger partial charge in [-0.15, -0.1) is 0 Å². The zero-order chi connectivity index (χ0) is 24.6. The van der Waals surface area contributed by atoms with Gasteiger partial charge in [-0.1, -0.05) is 30.7 Å². The fourth-order valence-corrected chi connectivity index (χ4v) is 5.25. The van der Waals surface area contributed by atoms with Gasteiger partial charge in [0.1, 0.15) is 11.5 Å². The minimum atomic E-state index is -0.167. The molecule has 0 unspecified atom stereocenters. The summed E-state index contributed by atoms with van der Waals surface area (Å²) in [7, 11) is 0. The van der Waals surface area contributed by atoms with Gasteiger partial charge in [-0.3, -0.25) is 4.79 Å². The first-order valence-electron chi connectivity index (χ1n) is 13.3. The van der Waals surface area contributed by atoms with Crippen LogP contribution in [0.1, 0.15) is 48.9 Å². The Hall–Kier alpha value is -3.38. The van der Waals surface area contributed by atoms with Gasteiger partial charge in [-0.05, 0) is 100 Å². The number of para-hydroxylation sites is 1. The maximum absolute atomic E-state index is 13.1. The smallest absolute Gasteiger partial charge is 0.255 e. The molecular formula is C30H36N4O2. The Bertz CT molecular complexity index is 1120. The van der Waals surface area contributed by atoms with E-state index in [1.807, 2.05) is 60.8 Å². The highest BCUT2D eigenvalue weighted by Gasteiger charge is 2.23. The van der Waals surface area contributed by atoms with Crippen LogP contribution in [0.4, 0.5) is 11.5 Å². The van der Waals surface area contributed by atoms with Gasteiger partial charge in [0.25, 0.3) is 5.91 Å². The second kappa shape index (κ2) is 12.0. The normalized spacial score (nSPS) is 17.1. The van der Waals surface area contributed by atoms with Crippen LogP contribution in [-0.4, -0.2) is 48.5 Å². The number of benzene rings is 2. The zero-order valence-corrected chi connectivity index (χ0v) is 20.9. The predicted molar refractivity (Wildman–Crippen MR) is 145 cm³/mol. The summed E-state index contributed by atoms with van der Waals surface area (Å²) in [4.78, 5) is 22.7. The molecule has 6 nitrogen and oxygen atoms in total. The minimum Gasteiger partial charge on any atom is -0.457 e. The van der Waals surface area contributed by atoms with Crippen LogP contribution in [0.2, 0.25) is 0 Å². The van der Waals surface area contributed by atoms with Crippen molar-refractivity contribution in [3.8, 4) is 11.5 Å². The predicted octanol–water partition coefficient (Wildman–Crippen LogP) is 6.22. The first kappa shape index (κ1) is 24.3. The van der Waals surface area contributed by atoms with Crippen molar-refractivity contribution in [3.05, 3.63) is 78.5 Å². The quantitative estimate of drug-likeness (QED) is 0.411. The highest BCUT2D eigenvalue weighted by molar-refractivity contribution is 6.05.